The molecule has 1 amide bonds. The van der Waals surface area contributed by atoms with Crippen LogP contribution in [0.4, 0.5) is 0 Å². The first-order chi connectivity index (χ1) is 16.2. The van der Waals surface area contributed by atoms with Gasteiger partial charge in [-0.2, -0.15) is 0 Å². The van der Waals surface area contributed by atoms with Crippen molar-refractivity contribution in [1.82, 2.24) is 9.80 Å². The van der Waals surface area contributed by atoms with Crippen molar-refractivity contribution >= 4 is 16.7 Å². The fourth-order valence-electron chi connectivity index (χ4n) is 5.70. The summed E-state index contributed by atoms with van der Waals surface area (Å²) < 4.78 is 11.0. The van der Waals surface area contributed by atoms with E-state index in [9.17, 15) is 4.79 Å². The molecule has 6 rings (SSSR count). The van der Waals surface area contributed by atoms with Crippen molar-refractivity contribution in [3.8, 4) is 11.5 Å². The van der Waals surface area contributed by atoms with Crippen LogP contribution in [0.5, 0.6) is 11.5 Å². The molecule has 0 saturated carbocycles. The summed E-state index contributed by atoms with van der Waals surface area (Å²) in [6, 6.07) is 19.2. The van der Waals surface area contributed by atoms with Gasteiger partial charge in [0.1, 0.15) is 0 Å². The third-order valence-corrected chi connectivity index (χ3v) is 7.43. The summed E-state index contributed by atoms with van der Waals surface area (Å²) in [7, 11) is 0. The fourth-order valence-corrected chi connectivity index (χ4v) is 5.70. The fraction of sp³-hybridized carbons (Fsp3) is 0.393. The number of hydrogen-bond donors (Lipinski definition) is 0. The Bertz CT molecular complexity index is 1190. The molecule has 0 bridgehead atoms. The number of piperidine rings is 1. The van der Waals surface area contributed by atoms with Crippen molar-refractivity contribution in [2.24, 2.45) is 5.92 Å². The van der Waals surface area contributed by atoms with Crippen LogP contribution in [-0.2, 0) is 12.8 Å². The molecule has 33 heavy (non-hydrogen) atoms. The molecule has 0 spiro atoms. The van der Waals surface area contributed by atoms with E-state index in [1.54, 1.807) is 0 Å². The highest BCUT2D eigenvalue weighted by Gasteiger charge is 2.30. The predicted molar refractivity (Wildman–Crippen MR) is 129 cm³/mol. The number of fused-ring (bicyclic) bond motifs is 3. The minimum Gasteiger partial charge on any atom is -0.454 e. The molecule has 0 radical (unpaired) electrons. The zero-order valence-electron chi connectivity index (χ0n) is 19.0. The molecule has 0 N–H and O–H groups in total. The molecule has 5 nitrogen and oxygen atoms in total. The molecule has 1 atom stereocenters. The third-order valence-electron chi connectivity index (χ3n) is 7.43. The molecule has 0 aromatic heterocycles. The second-order valence-electron chi connectivity index (χ2n) is 9.56. The average Bonchev–Trinajstić information content (AvgIpc) is 3.31. The van der Waals surface area contributed by atoms with Crippen LogP contribution in [-0.4, -0.2) is 55.2 Å². The maximum atomic E-state index is 13.2. The second kappa shape index (κ2) is 8.71. The van der Waals surface area contributed by atoms with Crippen molar-refractivity contribution in [3.05, 3.63) is 71.3 Å². The topological polar surface area (TPSA) is 42.0 Å². The van der Waals surface area contributed by atoms with Crippen molar-refractivity contribution < 1.29 is 14.3 Å². The number of ether oxygens (including phenoxy) is 2. The SMILES string of the molecule is O=C1c2cc3c(cc2CCN1CC1CCCN(CCc2cccc4ccccc24)C1)OCO3. The van der Waals surface area contributed by atoms with Gasteiger partial charge >= 0.3 is 0 Å². The largest absolute Gasteiger partial charge is 0.454 e. The van der Waals surface area contributed by atoms with E-state index in [-0.39, 0.29) is 12.7 Å². The van der Waals surface area contributed by atoms with E-state index in [4.69, 9.17) is 9.47 Å². The van der Waals surface area contributed by atoms with Gasteiger partial charge in [-0.15, -0.1) is 0 Å². The summed E-state index contributed by atoms with van der Waals surface area (Å²) in [5.74, 6) is 2.14. The number of likely N-dealkylation sites (tertiary alicyclic amines) is 1. The molecule has 1 unspecified atom stereocenters. The monoisotopic (exact) mass is 442 g/mol. The number of amides is 1. The highest BCUT2D eigenvalue weighted by Crippen LogP contribution is 2.37. The standard InChI is InChI=1S/C28H30N2O3/c31-28-25-16-27-26(32-19-33-27)15-23(25)11-14-30(28)18-20-5-4-12-29(17-20)13-10-22-8-3-7-21-6-1-2-9-24(21)22/h1-3,6-9,15-16,20H,4-5,10-14,17-19H2. The van der Waals surface area contributed by atoms with Crippen molar-refractivity contribution in [2.75, 3.05) is 39.5 Å². The van der Waals surface area contributed by atoms with Gasteiger partial charge in [0.2, 0.25) is 6.79 Å². The third kappa shape index (κ3) is 4.06. The summed E-state index contributed by atoms with van der Waals surface area (Å²) >= 11 is 0. The molecule has 3 aromatic carbocycles. The number of nitrogens with zero attached hydrogens (tertiary/aromatic N) is 2. The lowest BCUT2D eigenvalue weighted by atomic mass is 9.93. The van der Waals surface area contributed by atoms with Crippen LogP contribution in [0.1, 0.15) is 34.3 Å². The summed E-state index contributed by atoms with van der Waals surface area (Å²) in [5.41, 5.74) is 3.30. The Morgan fingerprint density at radius 3 is 2.76 bits per heavy atom. The van der Waals surface area contributed by atoms with Crippen LogP contribution in [0.15, 0.2) is 54.6 Å². The molecular weight excluding hydrogens is 412 g/mol. The predicted octanol–water partition coefficient (Wildman–Crippen LogP) is 4.52. The van der Waals surface area contributed by atoms with E-state index in [2.05, 4.69) is 52.3 Å². The Morgan fingerprint density at radius 2 is 1.82 bits per heavy atom. The minimum absolute atomic E-state index is 0.141. The molecule has 1 fully saturated rings. The first-order valence-corrected chi connectivity index (χ1v) is 12.2. The average molecular weight is 443 g/mol. The normalized spacial score (nSPS) is 20.3. The summed E-state index contributed by atoms with van der Waals surface area (Å²) in [4.78, 5) is 17.9. The zero-order chi connectivity index (χ0) is 22.2. The Hall–Kier alpha value is -3.05. The van der Waals surface area contributed by atoms with Gasteiger partial charge in [0.15, 0.2) is 11.5 Å². The second-order valence-corrected chi connectivity index (χ2v) is 9.56. The molecular formula is C28H30N2O3. The molecule has 170 valence electrons. The van der Waals surface area contributed by atoms with Crippen LogP contribution in [0.25, 0.3) is 10.8 Å². The summed E-state index contributed by atoms with van der Waals surface area (Å²) in [5, 5.41) is 2.69. The number of rotatable bonds is 5. The molecule has 3 aromatic rings. The first-order valence-electron chi connectivity index (χ1n) is 12.2. The first kappa shape index (κ1) is 20.5. The number of carbonyl (C=O) groups is 1. The highest BCUT2D eigenvalue weighted by molar-refractivity contribution is 5.97. The van der Waals surface area contributed by atoms with Crippen LogP contribution < -0.4 is 9.47 Å². The lowest BCUT2D eigenvalue weighted by molar-refractivity contribution is 0.0662. The number of hydrogen-bond acceptors (Lipinski definition) is 4. The molecule has 1 saturated heterocycles. The summed E-state index contributed by atoms with van der Waals surface area (Å²) in [6.45, 7) is 5.18. The van der Waals surface area contributed by atoms with Gasteiger partial charge in [-0.05, 0) is 72.2 Å². The van der Waals surface area contributed by atoms with E-state index >= 15 is 0 Å². The van der Waals surface area contributed by atoms with Crippen molar-refractivity contribution in [1.29, 1.82) is 0 Å². The van der Waals surface area contributed by atoms with Crippen LogP contribution in [0.2, 0.25) is 0 Å². The quantitative estimate of drug-likeness (QED) is 0.583. The van der Waals surface area contributed by atoms with E-state index in [0.717, 1.165) is 62.4 Å². The Balaban J connectivity index is 1.09. The lowest BCUT2D eigenvalue weighted by Crippen LogP contribution is -2.45. The van der Waals surface area contributed by atoms with Crippen molar-refractivity contribution in [3.63, 3.8) is 0 Å². The zero-order valence-corrected chi connectivity index (χ0v) is 19.0. The van der Waals surface area contributed by atoms with Gasteiger partial charge in [0.25, 0.3) is 5.91 Å². The van der Waals surface area contributed by atoms with Gasteiger partial charge in [-0.3, -0.25) is 4.79 Å². The van der Waals surface area contributed by atoms with Gasteiger partial charge in [-0.1, -0.05) is 42.5 Å². The molecule has 3 aliphatic heterocycles. The lowest BCUT2D eigenvalue weighted by Gasteiger charge is -2.37. The molecule has 5 heteroatoms. The van der Waals surface area contributed by atoms with Gasteiger partial charge in [0, 0.05) is 31.7 Å². The van der Waals surface area contributed by atoms with Gasteiger partial charge in [0.05, 0.1) is 0 Å². The Morgan fingerprint density at radius 1 is 0.970 bits per heavy atom. The number of benzene rings is 3. The highest BCUT2D eigenvalue weighted by atomic mass is 16.7. The minimum atomic E-state index is 0.141. The van der Waals surface area contributed by atoms with Crippen LogP contribution in [0, 0.1) is 5.92 Å². The smallest absolute Gasteiger partial charge is 0.254 e. The summed E-state index contributed by atoms with van der Waals surface area (Å²) in [6.07, 6.45) is 4.35. The Labute approximate surface area is 194 Å². The van der Waals surface area contributed by atoms with E-state index in [0.29, 0.717) is 11.7 Å². The van der Waals surface area contributed by atoms with Gasteiger partial charge in [-0.25, -0.2) is 0 Å². The maximum Gasteiger partial charge on any atom is 0.254 e. The van der Waals surface area contributed by atoms with Crippen LogP contribution in [0.3, 0.4) is 0 Å². The molecule has 3 heterocycles. The molecule has 3 aliphatic rings. The number of carbonyl (C=O) groups excluding carboxylic acids is 1. The van der Waals surface area contributed by atoms with Crippen LogP contribution >= 0.6 is 0 Å². The van der Waals surface area contributed by atoms with Crippen molar-refractivity contribution in [2.45, 2.75) is 25.7 Å². The van der Waals surface area contributed by atoms with E-state index in [1.807, 2.05) is 12.1 Å². The van der Waals surface area contributed by atoms with E-state index < -0.39 is 0 Å². The maximum absolute atomic E-state index is 13.2. The van der Waals surface area contributed by atoms with E-state index in [1.165, 1.54) is 29.2 Å². The Kier molecular flexibility index (Phi) is 5.43. The van der Waals surface area contributed by atoms with Gasteiger partial charge < -0.3 is 19.3 Å². The molecule has 0 aliphatic carbocycles.